The number of carbonyl (C=O) groups is 1. The third kappa shape index (κ3) is 4.67. The average molecular weight is 264 g/mol. The van der Waals surface area contributed by atoms with Gasteiger partial charge in [-0.3, -0.25) is 14.4 Å². The third-order valence-corrected chi connectivity index (χ3v) is 3.55. The molecule has 2 heterocycles. The molecule has 1 fully saturated rings. The summed E-state index contributed by atoms with van der Waals surface area (Å²) in [6.07, 6.45) is 4.44. The van der Waals surface area contributed by atoms with E-state index in [2.05, 4.69) is 22.2 Å². The van der Waals surface area contributed by atoms with Crippen molar-refractivity contribution >= 4 is 5.91 Å². The SMILES string of the molecule is Cc1ccn(CCNC(=O)CN2CCC[C@@H](C)C2)n1. The normalized spacial score (nSPS) is 20.4. The zero-order chi connectivity index (χ0) is 13.7. The summed E-state index contributed by atoms with van der Waals surface area (Å²) in [4.78, 5) is 14.1. The zero-order valence-electron chi connectivity index (χ0n) is 11.9. The number of aryl methyl sites for hydroxylation is 1. The van der Waals surface area contributed by atoms with Crippen molar-refractivity contribution < 1.29 is 4.79 Å². The van der Waals surface area contributed by atoms with Crippen LogP contribution in [0.5, 0.6) is 0 Å². The minimum atomic E-state index is 0.123. The summed E-state index contributed by atoms with van der Waals surface area (Å²) >= 11 is 0. The number of nitrogens with zero attached hydrogens (tertiary/aromatic N) is 3. The van der Waals surface area contributed by atoms with Crippen LogP contribution in [-0.2, 0) is 11.3 Å². The molecule has 0 saturated carbocycles. The Labute approximate surface area is 115 Å². The number of hydrogen-bond acceptors (Lipinski definition) is 3. The lowest BCUT2D eigenvalue weighted by molar-refractivity contribution is -0.122. The molecule has 2 rings (SSSR count). The second kappa shape index (κ2) is 6.70. The lowest BCUT2D eigenvalue weighted by atomic mass is 10.0. The summed E-state index contributed by atoms with van der Waals surface area (Å²) in [5, 5.41) is 7.25. The number of amides is 1. The fraction of sp³-hybridized carbons (Fsp3) is 0.714. The van der Waals surface area contributed by atoms with Gasteiger partial charge in [-0.2, -0.15) is 5.10 Å². The first-order chi connectivity index (χ1) is 9.13. The van der Waals surface area contributed by atoms with Gasteiger partial charge in [-0.15, -0.1) is 0 Å². The first kappa shape index (κ1) is 14.1. The molecule has 5 heteroatoms. The molecule has 0 radical (unpaired) electrons. The molecule has 19 heavy (non-hydrogen) atoms. The minimum Gasteiger partial charge on any atom is -0.353 e. The van der Waals surface area contributed by atoms with Crippen molar-refractivity contribution in [1.29, 1.82) is 0 Å². The Balaban J connectivity index is 1.64. The van der Waals surface area contributed by atoms with Gasteiger partial charge in [0.2, 0.25) is 5.91 Å². The summed E-state index contributed by atoms with van der Waals surface area (Å²) in [7, 11) is 0. The number of nitrogens with one attached hydrogen (secondary N) is 1. The molecule has 5 nitrogen and oxygen atoms in total. The van der Waals surface area contributed by atoms with Crippen LogP contribution in [-0.4, -0.2) is 46.8 Å². The van der Waals surface area contributed by atoms with Crippen molar-refractivity contribution in [1.82, 2.24) is 20.0 Å². The van der Waals surface area contributed by atoms with E-state index in [1.54, 1.807) is 0 Å². The van der Waals surface area contributed by atoms with Crippen molar-refractivity contribution in [3.8, 4) is 0 Å². The molecule has 1 saturated heterocycles. The number of likely N-dealkylation sites (tertiary alicyclic amines) is 1. The Bertz CT molecular complexity index is 415. The van der Waals surface area contributed by atoms with Crippen LogP contribution < -0.4 is 5.32 Å². The largest absolute Gasteiger partial charge is 0.353 e. The summed E-state index contributed by atoms with van der Waals surface area (Å²) in [6, 6.07) is 1.97. The van der Waals surface area contributed by atoms with E-state index in [1.165, 1.54) is 12.8 Å². The maximum atomic E-state index is 11.8. The molecule has 0 spiro atoms. The molecule has 1 N–H and O–H groups in total. The van der Waals surface area contributed by atoms with Crippen LogP contribution in [0.2, 0.25) is 0 Å². The van der Waals surface area contributed by atoms with Crippen LogP contribution in [0.1, 0.15) is 25.5 Å². The molecule has 0 unspecified atom stereocenters. The quantitative estimate of drug-likeness (QED) is 0.864. The van der Waals surface area contributed by atoms with E-state index in [0.29, 0.717) is 19.0 Å². The molecule has 106 valence electrons. The maximum absolute atomic E-state index is 11.8. The molecule has 1 amide bonds. The number of aromatic nitrogens is 2. The summed E-state index contributed by atoms with van der Waals surface area (Å²) in [5.74, 6) is 0.839. The van der Waals surface area contributed by atoms with Crippen LogP contribution in [0, 0.1) is 12.8 Å². The van der Waals surface area contributed by atoms with E-state index >= 15 is 0 Å². The molecule has 1 aromatic rings. The Kier molecular flexibility index (Phi) is 4.96. The Morgan fingerprint density at radius 2 is 2.42 bits per heavy atom. The maximum Gasteiger partial charge on any atom is 0.234 e. The highest BCUT2D eigenvalue weighted by Gasteiger charge is 2.18. The van der Waals surface area contributed by atoms with E-state index in [0.717, 1.165) is 25.3 Å². The van der Waals surface area contributed by atoms with Crippen LogP contribution in [0.4, 0.5) is 0 Å². The Morgan fingerprint density at radius 3 is 3.11 bits per heavy atom. The van der Waals surface area contributed by atoms with Gasteiger partial charge in [0.1, 0.15) is 0 Å². The van der Waals surface area contributed by atoms with Crippen molar-refractivity contribution in [2.45, 2.75) is 33.2 Å². The van der Waals surface area contributed by atoms with Crippen molar-refractivity contribution in [2.24, 2.45) is 5.92 Å². The van der Waals surface area contributed by atoms with Gasteiger partial charge in [0, 0.05) is 19.3 Å². The van der Waals surface area contributed by atoms with Crippen LogP contribution in [0.15, 0.2) is 12.3 Å². The fourth-order valence-corrected chi connectivity index (χ4v) is 2.59. The fourth-order valence-electron chi connectivity index (χ4n) is 2.59. The van der Waals surface area contributed by atoms with Crippen molar-refractivity contribution in [2.75, 3.05) is 26.2 Å². The van der Waals surface area contributed by atoms with Gasteiger partial charge in [-0.1, -0.05) is 6.92 Å². The first-order valence-corrected chi connectivity index (χ1v) is 7.12. The highest BCUT2D eigenvalue weighted by Crippen LogP contribution is 2.14. The van der Waals surface area contributed by atoms with E-state index in [4.69, 9.17) is 0 Å². The molecule has 1 atom stereocenters. The smallest absolute Gasteiger partial charge is 0.234 e. The van der Waals surface area contributed by atoms with E-state index in [1.807, 2.05) is 23.9 Å². The molecule has 1 aromatic heterocycles. The van der Waals surface area contributed by atoms with E-state index in [-0.39, 0.29) is 5.91 Å². The van der Waals surface area contributed by atoms with Gasteiger partial charge >= 0.3 is 0 Å². The second-order valence-corrected chi connectivity index (χ2v) is 5.55. The summed E-state index contributed by atoms with van der Waals surface area (Å²) < 4.78 is 1.86. The highest BCUT2D eigenvalue weighted by atomic mass is 16.2. The lowest BCUT2D eigenvalue weighted by Gasteiger charge is -2.30. The van der Waals surface area contributed by atoms with Crippen LogP contribution in [0.25, 0.3) is 0 Å². The van der Waals surface area contributed by atoms with Gasteiger partial charge in [0.25, 0.3) is 0 Å². The number of piperidine rings is 1. The monoisotopic (exact) mass is 264 g/mol. The van der Waals surface area contributed by atoms with Crippen molar-refractivity contribution in [3.63, 3.8) is 0 Å². The zero-order valence-corrected chi connectivity index (χ0v) is 11.9. The van der Waals surface area contributed by atoms with E-state index in [9.17, 15) is 4.79 Å². The molecule has 0 aliphatic carbocycles. The average Bonchev–Trinajstić information content (AvgIpc) is 2.75. The number of hydrogen-bond donors (Lipinski definition) is 1. The number of carbonyl (C=O) groups excluding carboxylic acids is 1. The molecule has 1 aliphatic rings. The van der Waals surface area contributed by atoms with Gasteiger partial charge in [-0.05, 0) is 38.3 Å². The van der Waals surface area contributed by atoms with Crippen molar-refractivity contribution in [3.05, 3.63) is 18.0 Å². The molecular weight excluding hydrogens is 240 g/mol. The predicted molar refractivity (Wildman–Crippen MR) is 74.8 cm³/mol. The van der Waals surface area contributed by atoms with Gasteiger partial charge < -0.3 is 5.32 Å². The Morgan fingerprint density at radius 1 is 1.58 bits per heavy atom. The molecule has 0 aromatic carbocycles. The van der Waals surface area contributed by atoms with Gasteiger partial charge in [-0.25, -0.2) is 0 Å². The standard InChI is InChI=1S/C14H24N4O/c1-12-4-3-7-17(10-12)11-14(19)15-6-9-18-8-5-13(2)16-18/h5,8,12H,3-4,6-7,9-11H2,1-2H3,(H,15,19)/t12-/m1/s1. The van der Waals surface area contributed by atoms with Gasteiger partial charge in [0.15, 0.2) is 0 Å². The van der Waals surface area contributed by atoms with Gasteiger partial charge in [0.05, 0.1) is 18.8 Å². The topological polar surface area (TPSA) is 50.2 Å². The third-order valence-electron chi connectivity index (χ3n) is 3.55. The first-order valence-electron chi connectivity index (χ1n) is 7.12. The van der Waals surface area contributed by atoms with E-state index < -0.39 is 0 Å². The predicted octanol–water partition coefficient (Wildman–Crippen LogP) is 1.04. The molecular formula is C14H24N4O. The van der Waals surface area contributed by atoms with Crippen LogP contribution in [0.3, 0.4) is 0 Å². The second-order valence-electron chi connectivity index (χ2n) is 5.55. The highest BCUT2D eigenvalue weighted by molar-refractivity contribution is 5.77. The summed E-state index contributed by atoms with van der Waals surface area (Å²) in [6.45, 7) is 8.22. The molecule has 0 bridgehead atoms. The Hall–Kier alpha value is -1.36. The van der Waals surface area contributed by atoms with Crippen LogP contribution >= 0.6 is 0 Å². The minimum absolute atomic E-state index is 0.123. The number of rotatable bonds is 5. The lowest BCUT2D eigenvalue weighted by Crippen LogP contribution is -2.42. The molecule has 1 aliphatic heterocycles. The summed E-state index contributed by atoms with van der Waals surface area (Å²) in [5.41, 5.74) is 1.01.